The third-order valence-corrected chi connectivity index (χ3v) is 3.75. The van der Waals surface area contributed by atoms with Crippen LogP contribution in [0.4, 0.5) is 0 Å². The van der Waals surface area contributed by atoms with Crippen LogP contribution >= 0.6 is 11.6 Å². The Morgan fingerprint density at radius 2 is 2.12 bits per heavy atom. The largest absolute Gasteiger partial charge is 0.495 e. The minimum absolute atomic E-state index is 0.0701. The van der Waals surface area contributed by atoms with Crippen LogP contribution in [0.25, 0.3) is 11.4 Å². The zero-order valence-corrected chi connectivity index (χ0v) is 14.4. The van der Waals surface area contributed by atoms with Crippen molar-refractivity contribution >= 4 is 17.4 Å². The third-order valence-electron chi connectivity index (χ3n) is 3.55. The molecule has 3 rings (SSSR count). The molecule has 0 radical (unpaired) electrons. The fourth-order valence-electron chi connectivity index (χ4n) is 2.39. The molecule has 9 heteroatoms. The summed E-state index contributed by atoms with van der Waals surface area (Å²) in [4.78, 5) is 22.1. The van der Waals surface area contributed by atoms with Crippen molar-refractivity contribution < 1.29 is 9.53 Å². The van der Waals surface area contributed by atoms with Gasteiger partial charge < -0.3 is 4.74 Å². The first-order valence-corrected chi connectivity index (χ1v) is 7.87. The molecule has 0 atom stereocenters. The number of para-hydroxylation sites is 1. The van der Waals surface area contributed by atoms with Crippen molar-refractivity contribution in [1.29, 1.82) is 0 Å². The molecule has 0 aliphatic rings. The maximum absolute atomic E-state index is 12.6. The molecule has 0 bridgehead atoms. The van der Waals surface area contributed by atoms with Gasteiger partial charge in [0.2, 0.25) is 5.82 Å². The lowest BCUT2D eigenvalue weighted by molar-refractivity contribution is 0.0979. The van der Waals surface area contributed by atoms with Gasteiger partial charge in [-0.3, -0.25) is 9.78 Å². The monoisotopic (exact) mass is 358 g/mol. The molecular formula is C16H15ClN6O2. The number of aromatic nitrogens is 6. The highest BCUT2D eigenvalue weighted by Crippen LogP contribution is 2.31. The fraction of sp³-hybridized carbons (Fsp3) is 0.250. The van der Waals surface area contributed by atoms with Crippen molar-refractivity contribution in [2.75, 3.05) is 7.11 Å². The van der Waals surface area contributed by atoms with Gasteiger partial charge in [0, 0.05) is 6.42 Å². The number of nitrogens with zero attached hydrogens (tertiary/aromatic N) is 6. The van der Waals surface area contributed by atoms with Gasteiger partial charge in [0.25, 0.3) is 0 Å². The summed E-state index contributed by atoms with van der Waals surface area (Å²) >= 11 is 5.71. The molecular weight excluding hydrogens is 344 g/mol. The molecule has 0 unspecified atom stereocenters. The van der Waals surface area contributed by atoms with E-state index in [0.717, 1.165) is 0 Å². The summed E-state index contributed by atoms with van der Waals surface area (Å²) in [6, 6.07) is 5.27. The van der Waals surface area contributed by atoms with E-state index in [0.29, 0.717) is 40.0 Å². The molecule has 2 heterocycles. The lowest BCUT2D eigenvalue weighted by Crippen LogP contribution is -2.06. The minimum Gasteiger partial charge on any atom is -0.495 e. The summed E-state index contributed by atoms with van der Waals surface area (Å²) in [6.45, 7) is 0. The number of tetrazole rings is 1. The summed E-state index contributed by atoms with van der Waals surface area (Å²) in [5.74, 6) is 0.764. The Kier molecular flexibility index (Phi) is 4.99. The smallest absolute Gasteiger partial charge is 0.208 e. The van der Waals surface area contributed by atoms with Gasteiger partial charge in [0.1, 0.15) is 10.9 Å². The van der Waals surface area contributed by atoms with Crippen molar-refractivity contribution in [2.24, 2.45) is 7.05 Å². The quantitative estimate of drug-likeness (QED) is 0.623. The zero-order chi connectivity index (χ0) is 17.8. The van der Waals surface area contributed by atoms with E-state index in [1.165, 1.54) is 18.1 Å². The predicted molar refractivity (Wildman–Crippen MR) is 90.5 cm³/mol. The minimum atomic E-state index is -0.0701. The van der Waals surface area contributed by atoms with E-state index in [-0.39, 0.29) is 12.2 Å². The molecule has 2 aromatic heterocycles. The number of hydrogen-bond acceptors (Lipinski definition) is 7. The number of carbonyl (C=O) groups excluding carboxylic acids is 1. The highest BCUT2D eigenvalue weighted by Gasteiger charge is 2.19. The number of Topliss-reactive ketones (excluding diaryl/α,β-unsaturated/α-hetero) is 1. The number of halogens is 1. The van der Waals surface area contributed by atoms with E-state index in [2.05, 4.69) is 25.4 Å². The molecule has 0 fully saturated rings. The second-order valence-corrected chi connectivity index (χ2v) is 5.63. The average Bonchev–Trinajstić information content (AvgIpc) is 3.06. The maximum Gasteiger partial charge on any atom is 0.208 e. The van der Waals surface area contributed by atoms with Crippen LogP contribution in [0.2, 0.25) is 5.15 Å². The van der Waals surface area contributed by atoms with Gasteiger partial charge in [0.15, 0.2) is 5.78 Å². The standard InChI is InChI=1S/C16H15ClN6O2/c1-23-21-16(20-22-23)12-5-3-4-11(15(12)25-2)13(24)7-6-10-8-19-14(17)9-18-10/h3-5,8-9H,6-7H2,1-2H3. The summed E-state index contributed by atoms with van der Waals surface area (Å²) in [7, 11) is 3.18. The van der Waals surface area contributed by atoms with E-state index in [1.54, 1.807) is 31.4 Å². The van der Waals surface area contributed by atoms with Gasteiger partial charge in [-0.15, -0.1) is 10.2 Å². The fourth-order valence-corrected chi connectivity index (χ4v) is 2.49. The molecule has 8 nitrogen and oxygen atoms in total. The molecule has 0 spiro atoms. The number of aryl methyl sites for hydroxylation is 2. The lowest BCUT2D eigenvalue weighted by atomic mass is 10.0. The average molecular weight is 359 g/mol. The van der Waals surface area contributed by atoms with Crippen LogP contribution in [0.5, 0.6) is 5.75 Å². The number of methoxy groups -OCH3 is 1. The number of hydrogen-bond donors (Lipinski definition) is 0. The van der Waals surface area contributed by atoms with Crippen LogP contribution in [0.1, 0.15) is 22.5 Å². The van der Waals surface area contributed by atoms with Crippen LogP contribution in [-0.4, -0.2) is 43.1 Å². The summed E-state index contributed by atoms with van der Waals surface area (Å²) in [6.07, 6.45) is 3.75. The first kappa shape index (κ1) is 17.0. The second kappa shape index (κ2) is 7.35. The Morgan fingerprint density at radius 1 is 1.28 bits per heavy atom. The first-order valence-electron chi connectivity index (χ1n) is 7.49. The molecule has 0 amide bonds. The van der Waals surface area contributed by atoms with E-state index >= 15 is 0 Å². The second-order valence-electron chi connectivity index (χ2n) is 5.24. The Balaban J connectivity index is 1.83. The van der Waals surface area contributed by atoms with Gasteiger partial charge in [0.05, 0.1) is 43.4 Å². The van der Waals surface area contributed by atoms with Crippen LogP contribution in [-0.2, 0) is 13.5 Å². The van der Waals surface area contributed by atoms with Gasteiger partial charge >= 0.3 is 0 Å². The van der Waals surface area contributed by atoms with Crippen molar-refractivity contribution in [3.63, 3.8) is 0 Å². The Labute approximate surface area is 148 Å². The normalized spacial score (nSPS) is 10.7. The number of ether oxygens (including phenoxy) is 1. The van der Waals surface area contributed by atoms with Gasteiger partial charge in [-0.05, 0) is 23.8 Å². The molecule has 0 N–H and O–H groups in total. The van der Waals surface area contributed by atoms with E-state index in [9.17, 15) is 4.79 Å². The number of benzene rings is 1. The highest BCUT2D eigenvalue weighted by atomic mass is 35.5. The number of ketones is 1. The summed E-state index contributed by atoms with van der Waals surface area (Å²) < 4.78 is 5.45. The summed E-state index contributed by atoms with van der Waals surface area (Å²) in [5.41, 5.74) is 1.78. The SMILES string of the molecule is COc1c(C(=O)CCc2cnc(Cl)cn2)cccc1-c1nnn(C)n1. The number of carbonyl (C=O) groups is 1. The van der Waals surface area contributed by atoms with Crippen molar-refractivity contribution in [3.05, 3.63) is 47.0 Å². The van der Waals surface area contributed by atoms with Crippen molar-refractivity contribution in [2.45, 2.75) is 12.8 Å². The summed E-state index contributed by atoms with van der Waals surface area (Å²) in [5, 5.41) is 12.3. The van der Waals surface area contributed by atoms with Gasteiger partial charge in [-0.1, -0.05) is 17.7 Å². The molecule has 0 aliphatic heterocycles. The molecule has 0 saturated carbocycles. The number of rotatable bonds is 6. The van der Waals surface area contributed by atoms with Crippen LogP contribution in [0.15, 0.2) is 30.6 Å². The van der Waals surface area contributed by atoms with E-state index < -0.39 is 0 Å². The third kappa shape index (κ3) is 3.80. The van der Waals surface area contributed by atoms with Crippen LogP contribution < -0.4 is 4.74 Å². The molecule has 128 valence electrons. The van der Waals surface area contributed by atoms with Crippen molar-refractivity contribution in [1.82, 2.24) is 30.2 Å². The molecule has 3 aromatic rings. The molecule has 1 aromatic carbocycles. The maximum atomic E-state index is 12.6. The topological polar surface area (TPSA) is 95.7 Å². The highest BCUT2D eigenvalue weighted by molar-refractivity contribution is 6.29. The zero-order valence-electron chi connectivity index (χ0n) is 13.7. The Morgan fingerprint density at radius 3 is 2.76 bits per heavy atom. The molecule has 0 saturated heterocycles. The molecule has 0 aliphatic carbocycles. The Hall–Kier alpha value is -2.87. The van der Waals surface area contributed by atoms with E-state index in [4.69, 9.17) is 16.3 Å². The van der Waals surface area contributed by atoms with Gasteiger partial charge in [-0.25, -0.2) is 4.98 Å². The Bertz CT molecular complexity index is 894. The predicted octanol–water partition coefficient (Wildman–Crippen LogP) is 2.14. The van der Waals surface area contributed by atoms with E-state index in [1.807, 2.05) is 0 Å². The molecule has 25 heavy (non-hydrogen) atoms. The van der Waals surface area contributed by atoms with Gasteiger partial charge in [-0.2, -0.15) is 4.80 Å². The van der Waals surface area contributed by atoms with Crippen LogP contribution in [0, 0.1) is 0 Å². The first-order chi connectivity index (χ1) is 12.1. The lowest BCUT2D eigenvalue weighted by Gasteiger charge is -2.10. The van der Waals surface area contributed by atoms with Crippen LogP contribution in [0.3, 0.4) is 0 Å². The van der Waals surface area contributed by atoms with Crippen molar-refractivity contribution in [3.8, 4) is 17.1 Å².